The van der Waals surface area contributed by atoms with Gasteiger partial charge in [0.15, 0.2) is 0 Å². The van der Waals surface area contributed by atoms with Crippen molar-refractivity contribution in [2.24, 2.45) is 5.41 Å². The van der Waals surface area contributed by atoms with Crippen molar-refractivity contribution in [3.63, 3.8) is 0 Å². The maximum atomic E-state index is 13.3. The largest absolute Gasteiger partial charge is 0.488 e. The highest BCUT2D eigenvalue weighted by Crippen LogP contribution is 2.56. The topological polar surface area (TPSA) is 9.23 Å². The van der Waals surface area contributed by atoms with Crippen LogP contribution in [0.4, 0.5) is 4.39 Å². The van der Waals surface area contributed by atoms with Gasteiger partial charge >= 0.3 is 0 Å². The first-order valence-electron chi connectivity index (χ1n) is 6.87. The van der Waals surface area contributed by atoms with Crippen molar-refractivity contribution in [1.29, 1.82) is 0 Å². The van der Waals surface area contributed by atoms with Crippen LogP contribution in [0.2, 0.25) is 0 Å². The van der Waals surface area contributed by atoms with Crippen molar-refractivity contribution in [1.82, 2.24) is 0 Å². The first-order valence-corrected chi connectivity index (χ1v) is 8.10. The highest BCUT2D eigenvalue weighted by molar-refractivity contribution is 9.10. The summed E-state index contributed by atoms with van der Waals surface area (Å²) in [6, 6.07) is 4.57. The smallest absolute Gasteiger partial charge is 0.136 e. The van der Waals surface area contributed by atoms with E-state index in [0.717, 1.165) is 23.7 Å². The van der Waals surface area contributed by atoms with Crippen molar-refractivity contribution < 1.29 is 9.13 Å². The summed E-state index contributed by atoms with van der Waals surface area (Å²) in [5.74, 6) is 0.330. The fourth-order valence-electron chi connectivity index (χ4n) is 3.43. The summed E-state index contributed by atoms with van der Waals surface area (Å²) in [6.07, 6.45) is 7.03. The van der Waals surface area contributed by atoms with E-state index in [1.54, 1.807) is 6.07 Å². The number of halogens is 3. The Morgan fingerprint density at radius 3 is 2.68 bits per heavy atom. The molecule has 0 bridgehead atoms. The maximum Gasteiger partial charge on any atom is 0.136 e. The van der Waals surface area contributed by atoms with Crippen LogP contribution in [0.25, 0.3) is 0 Å². The van der Waals surface area contributed by atoms with Gasteiger partial charge in [0, 0.05) is 23.3 Å². The van der Waals surface area contributed by atoms with E-state index in [2.05, 4.69) is 15.9 Å². The quantitative estimate of drug-likeness (QED) is 0.660. The van der Waals surface area contributed by atoms with Crippen molar-refractivity contribution >= 4 is 27.5 Å². The van der Waals surface area contributed by atoms with Crippen LogP contribution >= 0.6 is 27.5 Å². The van der Waals surface area contributed by atoms with Crippen molar-refractivity contribution in [3.05, 3.63) is 28.5 Å². The van der Waals surface area contributed by atoms with Gasteiger partial charge in [-0.15, -0.1) is 11.6 Å². The van der Waals surface area contributed by atoms with Gasteiger partial charge in [0.1, 0.15) is 17.7 Å². The molecule has 0 N–H and O–H groups in total. The normalized spacial score (nSPS) is 29.0. The van der Waals surface area contributed by atoms with Crippen LogP contribution in [-0.2, 0) is 0 Å². The summed E-state index contributed by atoms with van der Waals surface area (Å²) in [5.41, 5.74) is 0.117. The van der Waals surface area contributed by atoms with E-state index < -0.39 is 0 Å². The minimum Gasteiger partial charge on any atom is -0.488 e. The van der Waals surface area contributed by atoms with Gasteiger partial charge in [-0.05, 0) is 40.9 Å². The molecule has 0 amide bonds. The van der Waals surface area contributed by atoms with Crippen molar-refractivity contribution in [2.45, 2.75) is 50.0 Å². The monoisotopic (exact) mass is 346 g/mol. The Bertz CT molecular complexity index is 473. The van der Waals surface area contributed by atoms with E-state index in [0.29, 0.717) is 5.75 Å². The Labute approximate surface area is 126 Å². The molecule has 2 saturated carbocycles. The van der Waals surface area contributed by atoms with Crippen LogP contribution in [0.5, 0.6) is 5.75 Å². The molecule has 2 unspecified atom stereocenters. The second-order valence-corrected chi connectivity index (χ2v) is 7.06. The van der Waals surface area contributed by atoms with Gasteiger partial charge in [-0.1, -0.05) is 19.3 Å². The molecule has 1 nitrogen and oxygen atoms in total. The first-order chi connectivity index (χ1) is 9.12. The summed E-state index contributed by atoms with van der Waals surface area (Å²) in [4.78, 5) is 0. The molecule has 3 rings (SSSR count). The maximum absolute atomic E-state index is 13.3. The number of hydrogen-bond donors (Lipinski definition) is 0. The van der Waals surface area contributed by atoms with Gasteiger partial charge in [0.05, 0.1) is 4.47 Å². The van der Waals surface area contributed by atoms with Crippen LogP contribution in [0.3, 0.4) is 0 Å². The molecule has 0 heterocycles. The van der Waals surface area contributed by atoms with Crippen molar-refractivity contribution in [3.8, 4) is 5.75 Å². The van der Waals surface area contributed by atoms with E-state index in [4.69, 9.17) is 16.3 Å². The highest BCUT2D eigenvalue weighted by Gasteiger charge is 2.55. The van der Waals surface area contributed by atoms with E-state index in [1.165, 1.54) is 31.4 Å². The van der Waals surface area contributed by atoms with E-state index in [-0.39, 0.29) is 22.7 Å². The average molecular weight is 348 g/mol. The van der Waals surface area contributed by atoms with Crippen LogP contribution in [-0.4, -0.2) is 11.5 Å². The molecule has 2 fully saturated rings. The minimum absolute atomic E-state index is 0.117. The molecule has 1 aromatic rings. The third kappa shape index (κ3) is 2.40. The van der Waals surface area contributed by atoms with Crippen LogP contribution in [0.15, 0.2) is 22.7 Å². The molecule has 4 heteroatoms. The fourth-order valence-corrected chi connectivity index (χ4v) is 4.29. The second-order valence-electron chi connectivity index (χ2n) is 5.68. The van der Waals surface area contributed by atoms with E-state index >= 15 is 0 Å². The molecule has 2 atom stereocenters. The van der Waals surface area contributed by atoms with E-state index in [1.807, 2.05) is 0 Å². The molecule has 0 saturated heterocycles. The standard InChI is InChI=1S/C15H17BrClFO/c16-11-5-4-10(18)8-12(11)19-14-9-13(17)15(14)6-2-1-3-7-15/h4-5,8,13-14H,1-3,6-7,9H2. The Morgan fingerprint density at radius 1 is 1.26 bits per heavy atom. The molecule has 1 spiro atoms. The molecule has 0 radical (unpaired) electrons. The third-order valence-electron chi connectivity index (χ3n) is 4.63. The van der Waals surface area contributed by atoms with Gasteiger partial charge in [-0.3, -0.25) is 0 Å². The average Bonchev–Trinajstić information content (AvgIpc) is 2.43. The Morgan fingerprint density at radius 2 is 2.00 bits per heavy atom. The molecular formula is C15H17BrClFO. The van der Waals surface area contributed by atoms with Crippen LogP contribution in [0.1, 0.15) is 38.5 Å². The molecule has 19 heavy (non-hydrogen) atoms. The van der Waals surface area contributed by atoms with Crippen LogP contribution in [0, 0.1) is 11.2 Å². The summed E-state index contributed by atoms with van der Waals surface area (Å²) in [5, 5.41) is 0.213. The van der Waals surface area contributed by atoms with Gasteiger partial charge in [-0.2, -0.15) is 0 Å². The Kier molecular flexibility index (Phi) is 3.78. The molecule has 0 aliphatic heterocycles. The summed E-state index contributed by atoms with van der Waals surface area (Å²) < 4.78 is 20.2. The van der Waals surface area contributed by atoms with Gasteiger partial charge in [-0.25, -0.2) is 4.39 Å². The number of hydrogen-bond acceptors (Lipinski definition) is 1. The van der Waals surface area contributed by atoms with Gasteiger partial charge < -0.3 is 4.74 Å². The molecule has 1 aromatic carbocycles. The molecule has 2 aliphatic rings. The minimum atomic E-state index is -0.266. The lowest BCUT2D eigenvalue weighted by Gasteiger charge is -2.55. The Balaban J connectivity index is 1.78. The Hall–Kier alpha value is -0.280. The predicted molar refractivity (Wildman–Crippen MR) is 78.3 cm³/mol. The lowest BCUT2D eigenvalue weighted by atomic mass is 9.58. The fraction of sp³-hybridized carbons (Fsp3) is 0.600. The van der Waals surface area contributed by atoms with Gasteiger partial charge in [0.2, 0.25) is 0 Å². The zero-order valence-corrected chi connectivity index (χ0v) is 13.0. The van der Waals surface area contributed by atoms with E-state index in [9.17, 15) is 4.39 Å². The predicted octanol–water partition coefficient (Wildman–Crippen LogP) is 5.30. The summed E-state index contributed by atoms with van der Waals surface area (Å²) in [6.45, 7) is 0. The number of rotatable bonds is 2. The zero-order valence-electron chi connectivity index (χ0n) is 10.7. The molecule has 0 aromatic heterocycles. The molecule has 104 valence electrons. The third-order valence-corrected chi connectivity index (χ3v) is 5.90. The lowest BCUT2D eigenvalue weighted by molar-refractivity contribution is -0.0654. The number of ether oxygens (including phenoxy) is 1. The zero-order chi connectivity index (χ0) is 13.5. The number of benzene rings is 1. The first kappa shape index (κ1) is 13.7. The van der Waals surface area contributed by atoms with Crippen LogP contribution < -0.4 is 4.74 Å². The molecule has 2 aliphatic carbocycles. The SMILES string of the molecule is Fc1ccc(Br)c(OC2CC(Cl)C23CCCCC3)c1. The van der Waals surface area contributed by atoms with Crippen molar-refractivity contribution in [2.75, 3.05) is 0 Å². The molecular weight excluding hydrogens is 331 g/mol. The summed E-state index contributed by atoms with van der Waals surface area (Å²) >= 11 is 9.87. The van der Waals surface area contributed by atoms with Gasteiger partial charge in [0.25, 0.3) is 0 Å². The summed E-state index contributed by atoms with van der Waals surface area (Å²) in [7, 11) is 0. The lowest BCUT2D eigenvalue weighted by Crippen LogP contribution is -2.58. The number of alkyl halides is 1. The highest BCUT2D eigenvalue weighted by atomic mass is 79.9. The second kappa shape index (κ2) is 5.25.